The van der Waals surface area contributed by atoms with Crippen LogP contribution in [-0.2, 0) is 4.74 Å². The predicted octanol–water partition coefficient (Wildman–Crippen LogP) is 0.211. The Bertz CT molecular complexity index is 269. The lowest BCUT2D eigenvalue weighted by Gasteiger charge is -1.98. The number of hydrogen-bond acceptors (Lipinski definition) is 4. The Hall–Kier alpha value is -1.36. The van der Waals surface area contributed by atoms with E-state index in [0.717, 1.165) is 0 Å². The molecule has 5 nitrogen and oxygen atoms in total. The molecule has 0 aliphatic heterocycles. The van der Waals surface area contributed by atoms with E-state index in [1.165, 1.54) is 6.20 Å². The van der Waals surface area contributed by atoms with Crippen molar-refractivity contribution in [3.05, 3.63) is 11.8 Å². The van der Waals surface area contributed by atoms with E-state index in [1.54, 1.807) is 0 Å². The Kier molecular flexibility index (Phi) is 2.82. The zero-order valence-corrected chi connectivity index (χ0v) is 6.83. The smallest absolute Gasteiger partial charge is 0.193 e. The van der Waals surface area contributed by atoms with E-state index in [-0.39, 0.29) is 12.4 Å². The molecular formula is C7H11N3O2. The van der Waals surface area contributed by atoms with Crippen LogP contribution in [0.25, 0.3) is 0 Å². The van der Waals surface area contributed by atoms with Gasteiger partial charge in [0.2, 0.25) is 0 Å². The molecule has 3 N–H and O–H groups in total. The molecule has 1 rings (SSSR count). The monoisotopic (exact) mass is 169 g/mol. The quantitative estimate of drug-likeness (QED) is 0.631. The first-order valence-corrected chi connectivity index (χ1v) is 3.65. The fourth-order valence-corrected chi connectivity index (χ4v) is 0.791. The second kappa shape index (κ2) is 3.87. The Morgan fingerprint density at radius 3 is 3.08 bits per heavy atom. The van der Waals surface area contributed by atoms with E-state index in [9.17, 15) is 4.79 Å². The molecule has 66 valence electrons. The number of nitrogens with two attached hydrogens (primary N) is 1. The van der Waals surface area contributed by atoms with Gasteiger partial charge >= 0.3 is 0 Å². The van der Waals surface area contributed by atoms with Crippen LogP contribution in [0, 0.1) is 0 Å². The van der Waals surface area contributed by atoms with Gasteiger partial charge < -0.3 is 10.5 Å². The summed E-state index contributed by atoms with van der Waals surface area (Å²) in [4.78, 5) is 11.2. The highest BCUT2D eigenvalue weighted by atomic mass is 16.5. The molecule has 0 amide bonds. The van der Waals surface area contributed by atoms with Gasteiger partial charge in [-0.2, -0.15) is 5.10 Å². The minimum absolute atomic E-state index is 0.0558. The van der Waals surface area contributed by atoms with Crippen molar-refractivity contribution in [2.45, 2.75) is 6.92 Å². The lowest BCUT2D eigenvalue weighted by atomic mass is 10.2. The van der Waals surface area contributed by atoms with Gasteiger partial charge in [0.05, 0.1) is 11.8 Å². The topological polar surface area (TPSA) is 81.0 Å². The molecular weight excluding hydrogens is 158 g/mol. The van der Waals surface area contributed by atoms with Crippen LogP contribution in [0.1, 0.15) is 17.3 Å². The minimum atomic E-state index is -0.150. The standard InChI is InChI=1S/C7H11N3O2/c1-2-12-4-6(11)5-3-9-10-7(5)8/h3H,2,4H2,1H3,(H3,8,9,10). The average molecular weight is 169 g/mol. The van der Waals surface area contributed by atoms with Crippen LogP contribution in [0.3, 0.4) is 0 Å². The molecule has 0 saturated heterocycles. The zero-order chi connectivity index (χ0) is 8.97. The number of carbonyl (C=O) groups is 1. The van der Waals surface area contributed by atoms with Crippen molar-refractivity contribution >= 4 is 11.6 Å². The molecule has 12 heavy (non-hydrogen) atoms. The lowest BCUT2D eigenvalue weighted by molar-refractivity contribution is 0.0784. The number of hydrogen-bond donors (Lipinski definition) is 2. The maximum Gasteiger partial charge on any atom is 0.193 e. The van der Waals surface area contributed by atoms with Gasteiger partial charge in [-0.25, -0.2) is 0 Å². The third kappa shape index (κ3) is 1.82. The van der Waals surface area contributed by atoms with Gasteiger partial charge in [-0.05, 0) is 6.92 Å². The Labute approximate surface area is 69.9 Å². The molecule has 0 aliphatic rings. The fraction of sp³-hybridized carbons (Fsp3) is 0.429. The van der Waals surface area contributed by atoms with Gasteiger partial charge in [-0.1, -0.05) is 0 Å². The summed E-state index contributed by atoms with van der Waals surface area (Å²) in [5.74, 6) is 0.141. The normalized spacial score (nSPS) is 10.1. The number of ether oxygens (including phenoxy) is 1. The summed E-state index contributed by atoms with van der Waals surface area (Å²) in [7, 11) is 0. The summed E-state index contributed by atoms with van der Waals surface area (Å²) in [5.41, 5.74) is 5.81. The molecule has 0 spiro atoms. The molecule has 1 aromatic rings. The van der Waals surface area contributed by atoms with E-state index in [1.807, 2.05) is 6.92 Å². The van der Waals surface area contributed by atoms with Crippen molar-refractivity contribution < 1.29 is 9.53 Å². The van der Waals surface area contributed by atoms with Gasteiger partial charge in [-0.3, -0.25) is 9.89 Å². The number of nitrogens with one attached hydrogen (secondary N) is 1. The van der Waals surface area contributed by atoms with Gasteiger partial charge in [-0.15, -0.1) is 0 Å². The number of aromatic nitrogens is 2. The molecule has 0 radical (unpaired) electrons. The van der Waals surface area contributed by atoms with Crippen LogP contribution in [0.4, 0.5) is 5.82 Å². The number of carbonyl (C=O) groups excluding carboxylic acids is 1. The SMILES string of the molecule is CCOCC(=O)c1cn[nH]c1N. The summed E-state index contributed by atoms with van der Waals surface area (Å²) in [6.07, 6.45) is 1.40. The van der Waals surface area contributed by atoms with Crippen molar-refractivity contribution in [3.63, 3.8) is 0 Å². The largest absolute Gasteiger partial charge is 0.383 e. The van der Waals surface area contributed by atoms with Crippen molar-refractivity contribution in [2.24, 2.45) is 0 Å². The van der Waals surface area contributed by atoms with E-state index in [2.05, 4.69) is 10.2 Å². The van der Waals surface area contributed by atoms with Crippen LogP contribution in [-0.4, -0.2) is 29.2 Å². The van der Waals surface area contributed by atoms with Gasteiger partial charge in [0, 0.05) is 6.61 Å². The first kappa shape index (κ1) is 8.73. The molecule has 0 unspecified atom stereocenters. The maximum atomic E-state index is 11.2. The fourth-order valence-electron chi connectivity index (χ4n) is 0.791. The molecule has 5 heteroatoms. The van der Waals surface area contributed by atoms with E-state index >= 15 is 0 Å². The number of aromatic amines is 1. The zero-order valence-electron chi connectivity index (χ0n) is 6.83. The van der Waals surface area contributed by atoms with Gasteiger partial charge in [0.25, 0.3) is 0 Å². The molecule has 0 fully saturated rings. The number of nitrogens with zero attached hydrogens (tertiary/aromatic N) is 1. The molecule has 0 atom stereocenters. The molecule has 0 aromatic carbocycles. The molecule has 0 bridgehead atoms. The lowest BCUT2D eigenvalue weighted by Crippen LogP contribution is -2.09. The van der Waals surface area contributed by atoms with E-state index in [4.69, 9.17) is 10.5 Å². The highest BCUT2D eigenvalue weighted by Gasteiger charge is 2.10. The number of anilines is 1. The highest BCUT2D eigenvalue weighted by Crippen LogP contribution is 2.06. The van der Waals surface area contributed by atoms with Gasteiger partial charge in [0.15, 0.2) is 5.78 Å². The maximum absolute atomic E-state index is 11.2. The first-order chi connectivity index (χ1) is 5.75. The number of Topliss-reactive ketones (excluding diaryl/α,β-unsaturated/α-hetero) is 1. The Morgan fingerprint density at radius 2 is 2.58 bits per heavy atom. The van der Waals surface area contributed by atoms with Crippen molar-refractivity contribution in [2.75, 3.05) is 18.9 Å². The Morgan fingerprint density at radius 1 is 1.83 bits per heavy atom. The van der Waals surface area contributed by atoms with E-state index in [0.29, 0.717) is 18.0 Å². The number of rotatable bonds is 4. The van der Waals surface area contributed by atoms with Gasteiger partial charge in [0.1, 0.15) is 12.4 Å². The molecule has 0 aliphatic carbocycles. The van der Waals surface area contributed by atoms with Crippen LogP contribution in [0.2, 0.25) is 0 Å². The minimum Gasteiger partial charge on any atom is -0.383 e. The number of ketones is 1. The van der Waals surface area contributed by atoms with Crippen molar-refractivity contribution in [3.8, 4) is 0 Å². The summed E-state index contributed by atoms with van der Waals surface area (Å²) in [6.45, 7) is 2.40. The van der Waals surface area contributed by atoms with Crippen LogP contribution in [0.15, 0.2) is 6.20 Å². The summed E-state index contributed by atoms with van der Waals surface area (Å²) in [6, 6.07) is 0. The molecule has 1 heterocycles. The molecule has 1 aromatic heterocycles. The number of nitrogen functional groups attached to an aromatic ring is 1. The second-order valence-corrected chi connectivity index (χ2v) is 2.26. The predicted molar refractivity (Wildman–Crippen MR) is 43.8 cm³/mol. The Balaban J connectivity index is 2.59. The second-order valence-electron chi connectivity index (χ2n) is 2.26. The van der Waals surface area contributed by atoms with Crippen molar-refractivity contribution in [1.82, 2.24) is 10.2 Å². The first-order valence-electron chi connectivity index (χ1n) is 3.65. The highest BCUT2D eigenvalue weighted by molar-refractivity contribution is 6.00. The van der Waals surface area contributed by atoms with Crippen LogP contribution < -0.4 is 5.73 Å². The van der Waals surface area contributed by atoms with Crippen molar-refractivity contribution in [1.29, 1.82) is 0 Å². The number of H-pyrrole nitrogens is 1. The van der Waals surface area contributed by atoms with Crippen LogP contribution in [0.5, 0.6) is 0 Å². The average Bonchev–Trinajstić information content (AvgIpc) is 2.47. The summed E-state index contributed by atoms with van der Waals surface area (Å²) >= 11 is 0. The van der Waals surface area contributed by atoms with E-state index < -0.39 is 0 Å². The van der Waals surface area contributed by atoms with Crippen LogP contribution >= 0.6 is 0 Å². The molecule has 0 saturated carbocycles. The third-order valence-electron chi connectivity index (χ3n) is 1.41. The third-order valence-corrected chi connectivity index (χ3v) is 1.41. The summed E-state index contributed by atoms with van der Waals surface area (Å²) in [5, 5.41) is 6.10. The summed E-state index contributed by atoms with van der Waals surface area (Å²) < 4.78 is 4.93.